The van der Waals surface area contributed by atoms with Gasteiger partial charge in [0, 0.05) is 26.1 Å². The highest BCUT2D eigenvalue weighted by Gasteiger charge is 2.36. The van der Waals surface area contributed by atoms with Crippen molar-refractivity contribution in [1.82, 2.24) is 15.5 Å². The Hall–Kier alpha value is -4.22. The lowest BCUT2D eigenvalue weighted by Gasteiger charge is -2.37. The summed E-state index contributed by atoms with van der Waals surface area (Å²) < 4.78 is 35.7. The van der Waals surface area contributed by atoms with Crippen LogP contribution in [0, 0.1) is 0 Å². The van der Waals surface area contributed by atoms with Gasteiger partial charge in [-0.1, -0.05) is 67.6 Å². The van der Waals surface area contributed by atoms with E-state index < -0.39 is 28.3 Å². The number of ketones is 1. The van der Waals surface area contributed by atoms with E-state index in [1.807, 2.05) is 30.3 Å². The summed E-state index contributed by atoms with van der Waals surface area (Å²) in [5.41, 5.74) is 1.44. The van der Waals surface area contributed by atoms with Crippen LogP contribution < -0.4 is 14.8 Å². The first-order chi connectivity index (χ1) is 19.8. The van der Waals surface area contributed by atoms with Gasteiger partial charge in [0.25, 0.3) is 0 Å². The van der Waals surface area contributed by atoms with Gasteiger partial charge in [-0.2, -0.15) is 8.42 Å². The molecular weight excluding hydrogens is 546 g/mol. The van der Waals surface area contributed by atoms with Crippen LogP contribution in [0.15, 0.2) is 89.8 Å². The number of rotatable bonds is 11. The Labute approximate surface area is 239 Å². The number of benzene rings is 3. The lowest BCUT2D eigenvalue weighted by atomic mass is 9.95. The van der Waals surface area contributed by atoms with E-state index in [4.69, 9.17) is 8.92 Å². The Morgan fingerprint density at radius 2 is 1.61 bits per heavy atom. The predicted octanol–water partition coefficient (Wildman–Crippen LogP) is 3.07. The number of alkyl carbamates (subject to hydrolysis) is 1. The van der Waals surface area contributed by atoms with E-state index >= 15 is 0 Å². The summed E-state index contributed by atoms with van der Waals surface area (Å²) in [5, 5.41) is 5.84. The van der Waals surface area contributed by atoms with Gasteiger partial charge < -0.3 is 24.5 Å². The van der Waals surface area contributed by atoms with Gasteiger partial charge in [-0.15, -0.1) is 0 Å². The molecule has 1 fully saturated rings. The molecule has 0 aliphatic carbocycles. The lowest BCUT2D eigenvalue weighted by molar-refractivity contribution is -0.141. The smallest absolute Gasteiger partial charge is 0.408 e. The molecule has 41 heavy (non-hydrogen) atoms. The average Bonchev–Trinajstić information content (AvgIpc) is 3.00. The lowest BCUT2D eigenvalue weighted by Crippen LogP contribution is -2.61. The molecule has 2 N–H and O–H groups in total. The van der Waals surface area contributed by atoms with E-state index in [2.05, 4.69) is 10.6 Å². The van der Waals surface area contributed by atoms with Crippen molar-refractivity contribution in [3.05, 3.63) is 96.1 Å². The normalized spacial score (nSPS) is 15.9. The number of piperazine rings is 1. The summed E-state index contributed by atoms with van der Waals surface area (Å²) >= 11 is 0. The Bertz CT molecular complexity index is 1430. The second-order valence-corrected chi connectivity index (χ2v) is 11.1. The number of nitrogens with zero attached hydrogens (tertiary/aromatic N) is 1. The maximum absolute atomic E-state index is 13.7. The zero-order valence-electron chi connectivity index (χ0n) is 22.7. The van der Waals surface area contributed by atoms with Crippen molar-refractivity contribution in [2.75, 3.05) is 19.6 Å². The summed E-state index contributed by atoms with van der Waals surface area (Å²) in [5.74, 6) is -0.370. The molecule has 1 heterocycles. The first-order valence-corrected chi connectivity index (χ1v) is 14.8. The second kappa shape index (κ2) is 13.9. The molecule has 0 radical (unpaired) electrons. The highest BCUT2D eigenvalue weighted by molar-refractivity contribution is 7.87. The standard InChI is InChI=1S/C30H33N3O7S/c1-2-28(34)33-18-17-31-20-27(33)29(35)26(32-30(36)39-21-23-9-5-3-6-10-23)19-22-13-15-24(16-14-22)40-41(37,38)25-11-7-4-8-12-25/h3-16,26-27,31H,2,17-21H2,1H3,(H,32,36)/t26-,27?/m0/s1. The van der Waals surface area contributed by atoms with E-state index in [9.17, 15) is 22.8 Å². The van der Waals surface area contributed by atoms with Gasteiger partial charge in [0.15, 0.2) is 5.78 Å². The average molecular weight is 580 g/mol. The van der Waals surface area contributed by atoms with Crippen molar-refractivity contribution in [3.8, 4) is 5.75 Å². The summed E-state index contributed by atoms with van der Waals surface area (Å²) in [6, 6.07) is 21.4. The monoisotopic (exact) mass is 579 g/mol. The van der Waals surface area contributed by atoms with E-state index in [1.165, 1.54) is 24.3 Å². The van der Waals surface area contributed by atoms with Crippen molar-refractivity contribution in [3.63, 3.8) is 0 Å². The van der Waals surface area contributed by atoms with Gasteiger partial charge in [-0.25, -0.2) is 4.79 Å². The number of ether oxygens (including phenoxy) is 1. The zero-order chi connectivity index (χ0) is 29.2. The topological polar surface area (TPSA) is 131 Å². The fourth-order valence-electron chi connectivity index (χ4n) is 4.50. The molecule has 216 valence electrons. The first kappa shape index (κ1) is 29.8. The van der Waals surface area contributed by atoms with E-state index in [0.29, 0.717) is 18.7 Å². The molecule has 0 saturated carbocycles. The number of amides is 2. The molecule has 0 spiro atoms. The Morgan fingerprint density at radius 1 is 0.951 bits per heavy atom. The number of carbonyl (C=O) groups excluding carboxylic acids is 3. The molecule has 2 atom stereocenters. The highest BCUT2D eigenvalue weighted by Crippen LogP contribution is 2.20. The molecule has 1 aliphatic heterocycles. The summed E-state index contributed by atoms with van der Waals surface area (Å²) in [4.78, 5) is 40.6. The Morgan fingerprint density at radius 3 is 2.27 bits per heavy atom. The van der Waals surface area contributed by atoms with Crippen LogP contribution in [0.3, 0.4) is 0 Å². The Balaban J connectivity index is 1.49. The number of carbonyl (C=O) groups is 3. The minimum absolute atomic E-state index is 0.0280. The molecule has 1 unspecified atom stereocenters. The molecular formula is C30H33N3O7S. The van der Waals surface area contributed by atoms with Crippen LogP contribution in [0.5, 0.6) is 5.75 Å². The number of nitrogens with one attached hydrogen (secondary N) is 2. The van der Waals surface area contributed by atoms with Crippen molar-refractivity contribution >= 4 is 27.9 Å². The molecule has 10 nitrogen and oxygen atoms in total. The third kappa shape index (κ3) is 8.15. The minimum atomic E-state index is -4.01. The highest BCUT2D eigenvalue weighted by atomic mass is 32.2. The summed E-state index contributed by atoms with van der Waals surface area (Å²) in [6.45, 7) is 2.99. The molecule has 3 aromatic carbocycles. The molecule has 1 aliphatic rings. The number of Topliss-reactive ketones (excluding diaryl/α,β-unsaturated/α-hetero) is 1. The third-order valence-electron chi connectivity index (χ3n) is 6.64. The number of hydrogen-bond donors (Lipinski definition) is 2. The van der Waals surface area contributed by atoms with Crippen LogP contribution in [0.1, 0.15) is 24.5 Å². The van der Waals surface area contributed by atoms with Crippen LogP contribution in [0.25, 0.3) is 0 Å². The fraction of sp³-hybridized carbons (Fsp3) is 0.300. The van der Waals surface area contributed by atoms with Gasteiger partial charge in [-0.05, 0) is 41.8 Å². The van der Waals surface area contributed by atoms with Crippen LogP contribution in [-0.2, 0) is 37.5 Å². The van der Waals surface area contributed by atoms with Crippen molar-refractivity contribution < 1.29 is 31.7 Å². The van der Waals surface area contributed by atoms with E-state index in [0.717, 1.165) is 5.56 Å². The molecule has 0 aromatic heterocycles. The maximum atomic E-state index is 13.7. The van der Waals surface area contributed by atoms with Gasteiger partial charge in [0.05, 0.1) is 6.04 Å². The predicted molar refractivity (Wildman–Crippen MR) is 152 cm³/mol. The van der Waals surface area contributed by atoms with Gasteiger partial charge in [-0.3, -0.25) is 9.59 Å². The molecule has 4 rings (SSSR count). The minimum Gasteiger partial charge on any atom is -0.445 e. The molecule has 1 saturated heterocycles. The van der Waals surface area contributed by atoms with Crippen LogP contribution in [-0.4, -0.2) is 62.8 Å². The largest absolute Gasteiger partial charge is 0.445 e. The SMILES string of the molecule is CCC(=O)N1CCNCC1C(=O)[C@H](Cc1ccc(OS(=O)(=O)c2ccccc2)cc1)NC(=O)OCc1ccccc1. The van der Waals surface area contributed by atoms with E-state index in [1.54, 1.807) is 42.2 Å². The van der Waals surface area contributed by atoms with Crippen LogP contribution in [0.2, 0.25) is 0 Å². The second-order valence-electron chi connectivity index (χ2n) is 9.52. The summed E-state index contributed by atoms with van der Waals surface area (Å²) in [6.07, 6.45) is -0.414. The van der Waals surface area contributed by atoms with Gasteiger partial charge >= 0.3 is 16.2 Å². The molecule has 11 heteroatoms. The zero-order valence-corrected chi connectivity index (χ0v) is 23.5. The van der Waals surface area contributed by atoms with Crippen LogP contribution >= 0.6 is 0 Å². The van der Waals surface area contributed by atoms with Gasteiger partial charge in [0.2, 0.25) is 5.91 Å². The third-order valence-corrected chi connectivity index (χ3v) is 7.91. The van der Waals surface area contributed by atoms with Crippen molar-refractivity contribution in [2.45, 2.75) is 43.4 Å². The van der Waals surface area contributed by atoms with Crippen LogP contribution in [0.4, 0.5) is 4.79 Å². The fourth-order valence-corrected chi connectivity index (χ4v) is 5.45. The molecule has 0 bridgehead atoms. The maximum Gasteiger partial charge on any atom is 0.408 e. The summed E-state index contributed by atoms with van der Waals surface area (Å²) in [7, 11) is -4.01. The quantitative estimate of drug-likeness (QED) is 0.332. The van der Waals surface area contributed by atoms with Gasteiger partial charge in [0.1, 0.15) is 23.3 Å². The Kier molecular flexibility index (Phi) is 10.1. The van der Waals surface area contributed by atoms with E-state index in [-0.39, 0.29) is 48.3 Å². The molecule has 2 amide bonds. The van der Waals surface area contributed by atoms with Crippen molar-refractivity contribution in [1.29, 1.82) is 0 Å². The number of hydrogen-bond acceptors (Lipinski definition) is 8. The van der Waals surface area contributed by atoms with Crippen molar-refractivity contribution in [2.24, 2.45) is 0 Å². The first-order valence-electron chi connectivity index (χ1n) is 13.4. The molecule has 3 aromatic rings.